The third-order valence-corrected chi connectivity index (χ3v) is 3.68. The van der Waals surface area contributed by atoms with E-state index < -0.39 is 24.3 Å². The zero-order valence-electron chi connectivity index (χ0n) is 14.3. The van der Waals surface area contributed by atoms with Gasteiger partial charge in [0, 0.05) is 0 Å². The molecule has 0 heterocycles. The van der Waals surface area contributed by atoms with Gasteiger partial charge in [-0.2, -0.15) is 0 Å². The monoisotopic (exact) mass is 345 g/mol. The van der Waals surface area contributed by atoms with Crippen LogP contribution < -0.4 is 10.1 Å². The highest BCUT2D eigenvalue weighted by Gasteiger charge is 2.15. The lowest BCUT2D eigenvalue weighted by Gasteiger charge is -2.14. The van der Waals surface area contributed by atoms with Crippen LogP contribution in [-0.2, 0) is 9.53 Å². The van der Waals surface area contributed by atoms with Crippen molar-refractivity contribution >= 4 is 11.9 Å². The first-order valence-corrected chi connectivity index (χ1v) is 7.77. The molecule has 0 fully saturated rings. The van der Waals surface area contributed by atoms with Crippen LogP contribution in [-0.4, -0.2) is 25.6 Å². The second-order valence-corrected chi connectivity index (χ2v) is 5.63. The molecule has 6 heteroatoms. The molecule has 132 valence electrons. The number of carbonyl (C=O) groups excluding carboxylic acids is 2. The Hall–Kier alpha value is -2.89. The summed E-state index contributed by atoms with van der Waals surface area (Å²) >= 11 is 0. The fourth-order valence-corrected chi connectivity index (χ4v) is 2.23. The molecule has 0 bridgehead atoms. The predicted octanol–water partition coefficient (Wildman–Crippen LogP) is 3.18. The summed E-state index contributed by atoms with van der Waals surface area (Å²) in [5.41, 5.74) is 2.09. The van der Waals surface area contributed by atoms with Gasteiger partial charge in [0.15, 0.2) is 18.2 Å². The maximum absolute atomic E-state index is 13.6. The van der Waals surface area contributed by atoms with E-state index in [9.17, 15) is 14.0 Å². The SMILES string of the molecule is COc1ccc(C(=O)OCC(=O)NC(C)c2ccc(C)cc2)cc1F. The van der Waals surface area contributed by atoms with Crippen molar-refractivity contribution in [1.29, 1.82) is 0 Å². The van der Waals surface area contributed by atoms with Crippen molar-refractivity contribution in [1.82, 2.24) is 5.32 Å². The molecule has 1 atom stereocenters. The number of aryl methyl sites for hydroxylation is 1. The number of esters is 1. The zero-order valence-corrected chi connectivity index (χ0v) is 14.3. The molecule has 0 aromatic heterocycles. The molecule has 1 N–H and O–H groups in total. The number of ether oxygens (including phenoxy) is 2. The Morgan fingerprint density at radius 2 is 1.84 bits per heavy atom. The summed E-state index contributed by atoms with van der Waals surface area (Å²) in [4.78, 5) is 23.8. The first kappa shape index (κ1) is 18.4. The normalized spacial score (nSPS) is 11.5. The minimum atomic E-state index is -0.778. The molecule has 0 saturated heterocycles. The van der Waals surface area contributed by atoms with Crippen molar-refractivity contribution < 1.29 is 23.5 Å². The first-order chi connectivity index (χ1) is 11.9. The molecule has 2 aromatic rings. The molecular formula is C19H20FNO4. The molecule has 1 unspecified atom stereocenters. The molecule has 0 radical (unpaired) electrons. The number of carbonyl (C=O) groups is 2. The number of benzene rings is 2. The molecule has 0 aliphatic heterocycles. The average molecular weight is 345 g/mol. The highest BCUT2D eigenvalue weighted by Crippen LogP contribution is 2.18. The number of hydrogen-bond donors (Lipinski definition) is 1. The smallest absolute Gasteiger partial charge is 0.338 e. The summed E-state index contributed by atoms with van der Waals surface area (Å²) in [7, 11) is 1.33. The third kappa shape index (κ3) is 5.04. The predicted molar refractivity (Wildman–Crippen MR) is 91.0 cm³/mol. The molecule has 5 nitrogen and oxygen atoms in total. The van der Waals surface area contributed by atoms with E-state index in [1.165, 1.54) is 19.2 Å². The minimum Gasteiger partial charge on any atom is -0.494 e. The van der Waals surface area contributed by atoms with Crippen LogP contribution in [0, 0.1) is 12.7 Å². The molecule has 2 aromatic carbocycles. The van der Waals surface area contributed by atoms with Gasteiger partial charge in [0.25, 0.3) is 5.91 Å². The van der Waals surface area contributed by atoms with Crippen LogP contribution >= 0.6 is 0 Å². The van der Waals surface area contributed by atoms with E-state index in [4.69, 9.17) is 9.47 Å². The van der Waals surface area contributed by atoms with Crippen LogP contribution in [0.25, 0.3) is 0 Å². The Morgan fingerprint density at radius 3 is 2.44 bits per heavy atom. The molecule has 0 saturated carbocycles. The van der Waals surface area contributed by atoms with Crippen molar-refractivity contribution in [3.05, 3.63) is 65.0 Å². The minimum absolute atomic E-state index is 0.0117. The van der Waals surface area contributed by atoms with Gasteiger partial charge in [-0.25, -0.2) is 9.18 Å². The van der Waals surface area contributed by atoms with Gasteiger partial charge in [-0.1, -0.05) is 29.8 Å². The van der Waals surface area contributed by atoms with E-state index in [0.717, 1.165) is 17.2 Å². The highest BCUT2D eigenvalue weighted by molar-refractivity contribution is 5.91. The Kier molecular flexibility index (Phi) is 6.11. The van der Waals surface area contributed by atoms with Crippen molar-refractivity contribution in [2.45, 2.75) is 19.9 Å². The maximum atomic E-state index is 13.6. The lowest BCUT2D eigenvalue weighted by atomic mass is 10.1. The van der Waals surface area contributed by atoms with Crippen LogP contribution in [0.15, 0.2) is 42.5 Å². The number of amides is 1. The maximum Gasteiger partial charge on any atom is 0.338 e. The zero-order chi connectivity index (χ0) is 18.4. The Morgan fingerprint density at radius 1 is 1.16 bits per heavy atom. The Balaban J connectivity index is 1.87. The largest absolute Gasteiger partial charge is 0.494 e. The fourth-order valence-electron chi connectivity index (χ4n) is 2.23. The van der Waals surface area contributed by atoms with E-state index in [-0.39, 0.29) is 17.4 Å². The topological polar surface area (TPSA) is 64.6 Å². The van der Waals surface area contributed by atoms with Gasteiger partial charge in [0.1, 0.15) is 0 Å². The molecule has 0 aliphatic rings. The number of halogens is 1. The number of nitrogens with one attached hydrogen (secondary N) is 1. The summed E-state index contributed by atoms with van der Waals surface area (Å²) in [6.07, 6.45) is 0. The van der Waals surface area contributed by atoms with Crippen LogP contribution in [0.3, 0.4) is 0 Å². The van der Waals surface area contributed by atoms with Crippen molar-refractivity contribution in [3.63, 3.8) is 0 Å². The second-order valence-electron chi connectivity index (χ2n) is 5.63. The lowest BCUT2D eigenvalue weighted by molar-refractivity contribution is -0.124. The third-order valence-electron chi connectivity index (χ3n) is 3.68. The summed E-state index contributed by atoms with van der Waals surface area (Å²) < 4.78 is 23.3. The molecule has 0 aliphatic carbocycles. The average Bonchev–Trinajstić information content (AvgIpc) is 2.60. The highest BCUT2D eigenvalue weighted by atomic mass is 19.1. The van der Waals surface area contributed by atoms with E-state index in [1.54, 1.807) is 0 Å². The lowest BCUT2D eigenvalue weighted by Crippen LogP contribution is -2.31. The summed E-state index contributed by atoms with van der Waals surface area (Å²) in [6, 6.07) is 11.2. The Labute approximate surface area is 145 Å². The van der Waals surface area contributed by atoms with Gasteiger partial charge in [-0.3, -0.25) is 4.79 Å². The second kappa shape index (κ2) is 8.28. The Bertz CT molecular complexity index is 759. The van der Waals surface area contributed by atoms with Crippen LogP contribution in [0.2, 0.25) is 0 Å². The van der Waals surface area contributed by atoms with Crippen LogP contribution in [0.1, 0.15) is 34.5 Å². The first-order valence-electron chi connectivity index (χ1n) is 7.77. The van der Waals surface area contributed by atoms with Gasteiger partial charge in [-0.15, -0.1) is 0 Å². The molecule has 0 spiro atoms. The molecule has 25 heavy (non-hydrogen) atoms. The van der Waals surface area contributed by atoms with Gasteiger partial charge < -0.3 is 14.8 Å². The number of methoxy groups -OCH3 is 1. The van der Waals surface area contributed by atoms with E-state index in [2.05, 4.69) is 5.32 Å². The van der Waals surface area contributed by atoms with Gasteiger partial charge in [-0.05, 0) is 37.6 Å². The van der Waals surface area contributed by atoms with Crippen molar-refractivity contribution in [2.75, 3.05) is 13.7 Å². The summed E-state index contributed by atoms with van der Waals surface area (Å²) in [5.74, 6) is -1.86. The summed E-state index contributed by atoms with van der Waals surface area (Å²) in [6.45, 7) is 3.38. The quantitative estimate of drug-likeness (QED) is 0.817. The van der Waals surface area contributed by atoms with Crippen molar-refractivity contribution in [3.8, 4) is 5.75 Å². The number of hydrogen-bond acceptors (Lipinski definition) is 4. The molecule has 2 rings (SSSR count). The van der Waals surface area contributed by atoms with Gasteiger partial charge in [0.2, 0.25) is 0 Å². The molecule has 1 amide bonds. The van der Waals surface area contributed by atoms with Crippen molar-refractivity contribution in [2.24, 2.45) is 0 Å². The fraction of sp³-hybridized carbons (Fsp3) is 0.263. The van der Waals surface area contributed by atoms with Crippen LogP contribution in [0.5, 0.6) is 5.75 Å². The van der Waals surface area contributed by atoms with Gasteiger partial charge in [0.05, 0.1) is 18.7 Å². The van der Waals surface area contributed by atoms with Gasteiger partial charge >= 0.3 is 5.97 Å². The summed E-state index contributed by atoms with van der Waals surface area (Å²) in [5, 5.41) is 2.74. The van der Waals surface area contributed by atoms with Crippen LogP contribution in [0.4, 0.5) is 4.39 Å². The number of rotatable bonds is 6. The standard InChI is InChI=1S/C19H20FNO4/c1-12-4-6-14(7-5-12)13(2)21-18(22)11-25-19(23)15-8-9-17(24-3)16(20)10-15/h4-10,13H,11H2,1-3H3,(H,21,22). The van der Waals surface area contributed by atoms with E-state index >= 15 is 0 Å². The van der Waals surface area contributed by atoms with E-state index in [0.29, 0.717) is 0 Å². The van der Waals surface area contributed by atoms with E-state index in [1.807, 2.05) is 38.1 Å². The molecular weight excluding hydrogens is 325 g/mol.